The van der Waals surface area contributed by atoms with Crippen LogP contribution in [0.15, 0.2) is 71.6 Å². The number of methoxy groups -OCH3 is 1. The average Bonchev–Trinajstić information content (AvgIpc) is 2.87. The first-order chi connectivity index (χ1) is 17.6. The molecule has 2 N–H and O–H groups in total. The quantitative estimate of drug-likeness (QED) is 0.345. The highest BCUT2D eigenvalue weighted by Crippen LogP contribution is 2.30. The number of para-hydroxylation sites is 1. The Morgan fingerprint density at radius 3 is 2.41 bits per heavy atom. The number of nitrogens with one attached hydrogen (secondary N) is 2. The Bertz CT molecular complexity index is 1360. The lowest BCUT2D eigenvalue weighted by atomic mass is 10.1. The van der Waals surface area contributed by atoms with Crippen LogP contribution < -0.4 is 14.9 Å². The van der Waals surface area contributed by atoms with Crippen LogP contribution in [0.3, 0.4) is 0 Å². The van der Waals surface area contributed by atoms with E-state index in [9.17, 15) is 18.0 Å². The first-order valence-corrected chi connectivity index (χ1v) is 13.5. The van der Waals surface area contributed by atoms with Gasteiger partial charge in [-0.1, -0.05) is 47.5 Å². The summed E-state index contributed by atoms with van der Waals surface area (Å²) in [5.41, 5.74) is 2.35. The number of amides is 2. The molecule has 0 aliphatic carbocycles. The molecule has 37 heavy (non-hydrogen) atoms. The van der Waals surface area contributed by atoms with Gasteiger partial charge in [0.15, 0.2) is 0 Å². The van der Waals surface area contributed by atoms with Gasteiger partial charge in [-0.2, -0.15) is 0 Å². The molecule has 0 saturated carbocycles. The van der Waals surface area contributed by atoms with Gasteiger partial charge in [-0.25, -0.2) is 8.42 Å². The molecule has 0 aromatic heterocycles. The highest BCUT2D eigenvalue weighted by atomic mass is 35.5. The number of aryl methyl sites for hydroxylation is 2. The maximum absolute atomic E-state index is 13.7. The Labute approximate surface area is 222 Å². The number of hydrogen-bond donors (Lipinski definition) is 2. The van der Waals surface area contributed by atoms with Crippen molar-refractivity contribution in [3.8, 4) is 0 Å². The molecule has 0 heterocycles. The van der Waals surface area contributed by atoms with Gasteiger partial charge < -0.3 is 15.4 Å². The minimum absolute atomic E-state index is 0.0427. The number of ether oxygens (including phenoxy) is 1. The molecule has 2 amide bonds. The lowest BCUT2D eigenvalue weighted by Crippen LogP contribution is -2.39. The Morgan fingerprint density at radius 1 is 1.00 bits per heavy atom. The van der Waals surface area contributed by atoms with Gasteiger partial charge in [0.2, 0.25) is 5.91 Å². The number of rotatable bonds is 11. The number of carbonyl (C=O) groups is 2. The molecule has 0 radical (unpaired) electrons. The molecule has 0 bridgehead atoms. The van der Waals surface area contributed by atoms with E-state index in [0.29, 0.717) is 30.2 Å². The molecule has 0 fully saturated rings. The molecule has 0 aliphatic rings. The summed E-state index contributed by atoms with van der Waals surface area (Å²) in [5, 5.41) is 5.82. The molecule has 10 heteroatoms. The predicted octanol–water partition coefficient (Wildman–Crippen LogP) is 4.56. The lowest BCUT2D eigenvalue weighted by Gasteiger charge is -2.26. The second kappa shape index (κ2) is 12.7. The molecule has 3 rings (SSSR count). The molecule has 8 nitrogen and oxygen atoms in total. The number of sulfonamides is 1. The van der Waals surface area contributed by atoms with Crippen LogP contribution in [0, 0.1) is 13.8 Å². The molecule has 3 aromatic carbocycles. The zero-order valence-electron chi connectivity index (χ0n) is 21.0. The molecule has 196 valence electrons. The van der Waals surface area contributed by atoms with Crippen LogP contribution in [0.2, 0.25) is 5.02 Å². The standard InChI is InChI=1S/C27H30ClN3O5S/c1-19-9-13-22(14-10-19)37(34,35)31(25-17-21(28)12-11-20(25)2)18-26(32)30-24-8-5-4-7-23(24)27(33)29-15-6-16-36-3/h4-5,7-14,17H,6,15-16,18H2,1-3H3,(H,29,33)(H,30,32). The Balaban J connectivity index is 1.90. The van der Waals surface area contributed by atoms with Crippen molar-refractivity contribution in [3.63, 3.8) is 0 Å². The van der Waals surface area contributed by atoms with Crippen molar-refractivity contribution in [2.45, 2.75) is 25.2 Å². The van der Waals surface area contributed by atoms with Crippen LogP contribution in [0.4, 0.5) is 11.4 Å². The van der Waals surface area contributed by atoms with Crippen LogP contribution in [-0.4, -0.2) is 47.0 Å². The van der Waals surface area contributed by atoms with Crippen LogP contribution in [0.25, 0.3) is 0 Å². The summed E-state index contributed by atoms with van der Waals surface area (Å²) in [7, 11) is -2.54. The summed E-state index contributed by atoms with van der Waals surface area (Å²) >= 11 is 6.19. The largest absolute Gasteiger partial charge is 0.385 e. The van der Waals surface area contributed by atoms with E-state index in [1.165, 1.54) is 18.2 Å². The van der Waals surface area contributed by atoms with Crippen LogP contribution >= 0.6 is 11.6 Å². The highest BCUT2D eigenvalue weighted by molar-refractivity contribution is 7.92. The van der Waals surface area contributed by atoms with Gasteiger partial charge >= 0.3 is 0 Å². The molecule has 0 spiro atoms. The van der Waals surface area contributed by atoms with E-state index >= 15 is 0 Å². The van der Waals surface area contributed by atoms with E-state index in [4.69, 9.17) is 16.3 Å². The van der Waals surface area contributed by atoms with Gasteiger partial charge in [0.1, 0.15) is 6.54 Å². The number of carbonyl (C=O) groups excluding carboxylic acids is 2. The first kappa shape index (κ1) is 28.2. The number of benzene rings is 3. The Morgan fingerprint density at radius 2 is 1.70 bits per heavy atom. The summed E-state index contributed by atoms with van der Waals surface area (Å²) in [4.78, 5) is 25.9. The summed E-state index contributed by atoms with van der Waals surface area (Å²) in [5.74, 6) is -0.975. The van der Waals surface area contributed by atoms with Crippen molar-refractivity contribution < 1.29 is 22.7 Å². The summed E-state index contributed by atoms with van der Waals surface area (Å²) in [6, 6.07) is 17.8. The lowest BCUT2D eigenvalue weighted by molar-refractivity contribution is -0.114. The molecular formula is C27H30ClN3O5S. The number of nitrogens with zero attached hydrogens (tertiary/aromatic N) is 1. The Hall–Kier alpha value is -3.40. The molecular weight excluding hydrogens is 514 g/mol. The van der Waals surface area contributed by atoms with E-state index in [-0.39, 0.29) is 27.7 Å². The van der Waals surface area contributed by atoms with E-state index in [1.54, 1.807) is 62.6 Å². The topological polar surface area (TPSA) is 105 Å². The summed E-state index contributed by atoms with van der Waals surface area (Å²) in [6.07, 6.45) is 0.640. The van der Waals surface area contributed by atoms with Crippen molar-refractivity contribution in [1.82, 2.24) is 5.32 Å². The monoisotopic (exact) mass is 543 g/mol. The van der Waals surface area contributed by atoms with Gasteiger partial charge in [-0.15, -0.1) is 0 Å². The van der Waals surface area contributed by atoms with E-state index in [1.807, 2.05) is 6.92 Å². The fourth-order valence-corrected chi connectivity index (χ4v) is 5.26. The number of anilines is 2. The van der Waals surface area contributed by atoms with Gasteiger partial charge in [0.05, 0.1) is 21.8 Å². The smallest absolute Gasteiger partial charge is 0.264 e. The van der Waals surface area contributed by atoms with E-state index < -0.39 is 22.5 Å². The fraction of sp³-hybridized carbons (Fsp3) is 0.259. The van der Waals surface area contributed by atoms with Crippen molar-refractivity contribution in [2.75, 3.05) is 36.4 Å². The van der Waals surface area contributed by atoms with Crippen LogP contribution in [0.5, 0.6) is 0 Å². The third-order valence-electron chi connectivity index (χ3n) is 5.59. The van der Waals surface area contributed by atoms with Gasteiger partial charge in [0, 0.05) is 25.3 Å². The van der Waals surface area contributed by atoms with Crippen LogP contribution in [0.1, 0.15) is 27.9 Å². The van der Waals surface area contributed by atoms with Gasteiger partial charge in [0.25, 0.3) is 15.9 Å². The fourth-order valence-electron chi connectivity index (χ4n) is 3.61. The SMILES string of the molecule is COCCCNC(=O)c1ccccc1NC(=O)CN(c1cc(Cl)ccc1C)S(=O)(=O)c1ccc(C)cc1. The normalized spacial score (nSPS) is 11.1. The maximum atomic E-state index is 13.7. The van der Waals surface area contributed by atoms with Crippen molar-refractivity contribution in [2.24, 2.45) is 0 Å². The second-order valence-corrected chi connectivity index (χ2v) is 10.8. The minimum atomic E-state index is -4.12. The maximum Gasteiger partial charge on any atom is 0.264 e. The average molecular weight is 544 g/mol. The van der Waals surface area contributed by atoms with Crippen molar-refractivity contribution in [3.05, 3.63) is 88.4 Å². The minimum Gasteiger partial charge on any atom is -0.385 e. The molecule has 0 atom stereocenters. The van der Waals surface area contributed by atoms with Crippen molar-refractivity contribution in [1.29, 1.82) is 0 Å². The zero-order chi connectivity index (χ0) is 27.0. The van der Waals surface area contributed by atoms with Crippen molar-refractivity contribution >= 4 is 44.8 Å². The molecule has 0 unspecified atom stereocenters. The summed E-state index contributed by atoms with van der Waals surface area (Å²) < 4.78 is 33.4. The highest BCUT2D eigenvalue weighted by Gasteiger charge is 2.29. The first-order valence-electron chi connectivity index (χ1n) is 11.6. The third-order valence-corrected chi connectivity index (χ3v) is 7.60. The number of halogens is 1. The Kier molecular flexibility index (Phi) is 9.68. The molecule has 0 aliphatic heterocycles. The van der Waals surface area contributed by atoms with E-state index in [2.05, 4.69) is 10.6 Å². The van der Waals surface area contributed by atoms with Gasteiger partial charge in [-0.3, -0.25) is 13.9 Å². The molecule has 3 aromatic rings. The number of hydrogen-bond acceptors (Lipinski definition) is 5. The van der Waals surface area contributed by atoms with Gasteiger partial charge in [-0.05, 0) is 62.2 Å². The van der Waals surface area contributed by atoms with Crippen LogP contribution in [-0.2, 0) is 19.6 Å². The third kappa shape index (κ3) is 7.31. The predicted molar refractivity (Wildman–Crippen MR) is 146 cm³/mol. The summed E-state index contributed by atoms with van der Waals surface area (Å²) in [6.45, 7) is 3.98. The molecule has 0 saturated heterocycles. The van der Waals surface area contributed by atoms with E-state index in [0.717, 1.165) is 9.87 Å². The second-order valence-electron chi connectivity index (χ2n) is 8.45. The zero-order valence-corrected chi connectivity index (χ0v) is 22.5.